The molecular formula is C41H68O5. The van der Waals surface area contributed by atoms with Gasteiger partial charge in [-0.1, -0.05) is 164 Å². The van der Waals surface area contributed by atoms with Gasteiger partial charge in [-0.2, -0.15) is 0 Å². The first-order valence-electron chi connectivity index (χ1n) is 18.5. The molecule has 0 rings (SSSR count). The third-order valence-corrected chi connectivity index (χ3v) is 7.53. The summed E-state index contributed by atoms with van der Waals surface area (Å²) in [5, 5.41) is 9.52. The van der Waals surface area contributed by atoms with Crippen molar-refractivity contribution in [3.63, 3.8) is 0 Å². The number of hydrogen-bond donors (Lipinski definition) is 1. The molecule has 0 unspecified atom stereocenters. The molecule has 0 fully saturated rings. The van der Waals surface area contributed by atoms with E-state index in [9.17, 15) is 14.7 Å². The van der Waals surface area contributed by atoms with Crippen LogP contribution in [0.2, 0.25) is 0 Å². The summed E-state index contributed by atoms with van der Waals surface area (Å²) in [4.78, 5) is 24.2. The van der Waals surface area contributed by atoms with Crippen LogP contribution in [0, 0.1) is 0 Å². The van der Waals surface area contributed by atoms with Crippen LogP contribution in [-0.4, -0.2) is 36.4 Å². The lowest BCUT2D eigenvalue weighted by Gasteiger charge is -2.15. The van der Waals surface area contributed by atoms with Crippen LogP contribution >= 0.6 is 0 Å². The van der Waals surface area contributed by atoms with Crippen molar-refractivity contribution in [2.75, 3.05) is 13.2 Å². The minimum Gasteiger partial charge on any atom is -0.462 e. The van der Waals surface area contributed by atoms with Crippen LogP contribution in [0.25, 0.3) is 0 Å². The number of rotatable bonds is 32. The quantitative estimate of drug-likeness (QED) is 0.0450. The van der Waals surface area contributed by atoms with E-state index in [0.29, 0.717) is 12.8 Å². The van der Waals surface area contributed by atoms with Crippen LogP contribution in [0.5, 0.6) is 0 Å². The van der Waals surface area contributed by atoms with Crippen LogP contribution in [0.1, 0.15) is 155 Å². The Balaban J connectivity index is 3.73. The first-order valence-corrected chi connectivity index (χ1v) is 18.5. The van der Waals surface area contributed by atoms with Crippen molar-refractivity contribution >= 4 is 11.9 Å². The Kier molecular flexibility index (Phi) is 34.7. The highest BCUT2D eigenvalue weighted by Gasteiger charge is 2.15. The molecule has 0 bridgehead atoms. The predicted molar refractivity (Wildman–Crippen MR) is 196 cm³/mol. The third-order valence-electron chi connectivity index (χ3n) is 7.53. The number of aliphatic hydroxyl groups excluding tert-OH is 1. The van der Waals surface area contributed by atoms with Gasteiger partial charge in [-0.05, 0) is 51.4 Å². The molecule has 0 radical (unpaired) electrons. The second kappa shape index (κ2) is 36.8. The summed E-state index contributed by atoms with van der Waals surface area (Å²) < 4.78 is 10.5. The van der Waals surface area contributed by atoms with Gasteiger partial charge in [0.1, 0.15) is 6.61 Å². The normalized spacial score (nSPS) is 13.0. The third kappa shape index (κ3) is 34.2. The van der Waals surface area contributed by atoms with Crippen molar-refractivity contribution in [3.8, 4) is 0 Å². The molecule has 0 aliphatic carbocycles. The van der Waals surface area contributed by atoms with E-state index in [4.69, 9.17) is 9.47 Å². The highest BCUT2D eigenvalue weighted by Crippen LogP contribution is 2.13. The predicted octanol–water partition coefficient (Wildman–Crippen LogP) is 11.4. The fourth-order valence-corrected chi connectivity index (χ4v) is 4.75. The molecule has 0 spiro atoms. The maximum atomic E-state index is 12.1. The van der Waals surface area contributed by atoms with Crippen molar-refractivity contribution in [3.05, 3.63) is 72.9 Å². The topological polar surface area (TPSA) is 72.8 Å². The minimum absolute atomic E-state index is 0.0978. The lowest BCUT2D eigenvalue weighted by molar-refractivity contribution is -0.161. The first-order chi connectivity index (χ1) is 22.6. The molecule has 5 nitrogen and oxygen atoms in total. The summed E-state index contributed by atoms with van der Waals surface area (Å²) >= 11 is 0. The van der Waals surface area contributed by atoms with E-state index in [1.807, 2.05) is 12.2 Å². The Hall–Kier alpha value is -2.66. The number of esters is 2. The Morgan fingerprint density at radius 2 is 0.935 bits per heavy atom. The van der Waals surface area contributed by atoms with E-state index in [1.165, 1.54) is 64.2 Å². The van der Waals surface area contributed by atoms with Crippen molar-refractivity contribution in [1.82, 2.24) is 0 Å². The van der Waals surface area contributed by atoms with Crippen LogP contribution in [0.4, 0.5) is 0 Å². The standard InChI is InChI=1S/C41H68O5/c1-3-5-7-9-11-13-15-17-18-19-20-21-22-24-26-28-30-32-34-36-41(44)46-39(37-42)38-45-40(43)35-33-31-29-27-25-23-16-14-12-10-8-6-4-2/h5,7,11,13,17-18,20-21,24,26,30,32,39,42H,3-4,6,8-10,12,14-16,19,22-23,25,27-29,31,33-38H2,1-2H3/t39-/m0/s1. The first kappa shape index (κ1) is 43.3. The van der Waals surface area contributed by atoms with E-state index >= 15 is 0 Å². The zero-order chi connectivity index (χ0) is 33.6. The van der Waals surface area contributed by atoms with Gasteiger partial charge in [0.2, 0.25) is 0 Å². The fourth-order valence-electron chi connectivity index (χ4n) is 4.75. The number of carbonyl (C=O) groups excluding carboxylic acids is 2. The van der Waals surface area contributed by atoms with Crippen LogP contribution in [0.15, 0.2) is 72.9 Å². The monoisotopic (exact) mass is 641 g/mol. The number of unbranched alkanes of at least 4 members (excludes halogenated alkanes) is 12. The highest BCUT2D eigenvalue weighted by molar-refractivity contribution is 5.70. The molecule has 0 saturated carbocycles. The zero-order valence-corrected chi connectivity index (χ0v) is 29.6. The van der Waals surface area contributed by atoms with Crippen LogP contribution in [0.3, 0.4) is 0 Å². The lowest BCUT2D eigenvalue weighted by atomic mass is 10.0. The summed E-state index contributed by atoms with van der Waals surface area (Å²) in [5.74, 6) is -0.693. The molecule has 262 valence electrons. The van der Waals surface area contributed by atoms with Gasteiger partial charge in [-0.15, -0.1) is 0 Å². The smallest absolute Gasteiger partial charge is 0.306 e. The second-order valence-corrected chi connectivity index (χ2v) is 11.9. The van der Waals surface area contributed by atoms with Gasteiger partial charge in [0.15, 0.2) is 6.10 Å². The van der Waals surface area contributed by atoms with Gasteiger partial charge >= 0.3 is 11.9 Å². The van der Waals surface area contributed by atoms with Crippen molar-refractivity contribution in [2.24, 2.45) is 0 Å². The number of carbonyl (C=O) groups is 2. The zero-order valence-electron chi connectivity index (χ0n) is 29.6. The Bertz CT molecular complexity index is 864. The molecule has 0 aromatic carbocycles. The maximum absolute atomic E-state index is 12.1. The number of hydrogen-bond acceptors (Lipinski definition) is 5. The molecule has 0 amide bonds. The van der Waals surface area contributed by atoms with Crippen molar-refractivity contribution < 1.29 is 24.2 Å². The second-order valence-electron chi connectivity index (χ2n) is 11.9. The van der Waals surface area contributed by atoms with Gasteiger partial charge < -0.3 is 14.6 Å². The van der Waals surface area contributed by atoms with Crippen molar-refractivity contribution in [1.29, 1.82) is 0 Å². The summed E-state index contributed by atoms with van der Waals surface area (Å²) in [6.07, 6.45) is 48.2. The van der Waals surface area contributed by atoms with E-state index in [-0.39, 0.29) is 25.6 Å². The van der Waals surface area contributed by atoms with Gasteiger partial charge in [0.05, 0.1) is 6.61 Å². The lowest BCUT2D eigenvalue weighted by Crippen LogP contribution is -2.28. The number of ether oxygens (including phenoxy) is 2. The summed E-state index contributed by atoms with van der Waals surface area (Å²) in [6.45, 7) is 3.94. The molecule has 0 saturated heterocycles. The Morgan fingerprint density at radius 3 is 1.37 bits per heavy atom. The maximum Gasteiger partial charge on any atom is 0.306 e. The molecule has 0 aromatic rings. The molecule has 1 atom stereocenters. The van der Waals surface area contributed by atoms with Gasteiger partial charge in [0.25, 0.3) is 0 Å². The summed E-state index contributed by atoms with van der Waals surface area (Å²) in [6, 6.07) is 0. The summed E-state index contributed by atoms with van der Waals surface area (Å²) in [7, 11) is 0. The number of aliphatic hydroxyl groups is 1. The minimum atomic E-state index is -0.812. The van der Waals surface area contributed by atoms with Gasteiger partial charge in [0, 0.05) is 12.8 Å². The summed E-state index contributed by atoms with van der Waals surface area (Å²) in [5.41, 5.74) is 0. The molecule has 0 aliphatic rings. The molecule has 46 heavy (non-hydrogen) atoms. The molecule has 0 aromatic heterocycles. The fraction of sp³-hybridized carbons (Fsp3) is 0.659. The van der Waals surface area contributed by atoms with Gasteiger partial charge in [-0.25, -0.2) is 0 Å². The average Bonchev–Trinajstić information content (AvgIpc) is 3.06. The largest absolute Gasteiger partial charge is 0.462 e. The molecule has 0 heterocycles. The van der Waals surface area contributed by atoms with E-state index < -0.39 is 12.1 Å². The highest BCUT2D eigenvalue weighted by atomic mass is 16.6. The van der Waals surface area contributed by atoms with E-state index in [0.717, 1.165) is 57.8 Å². The Labute approximate surface area is 283 Å². The molecule has 5 heteroatoms. The molecular weight excluding hydrogens is 572 g/mol. The van der Waals surface area contributed by atoms with Crippen LogP contribution < -0.4 is 0 Å². The SMILES string of the molecule is CCC=CCC=CCC=CCC=CCC=CCC=CCCC(=O)O[C@@H](CO)COC(=O)CCCCCCCCCCCCCCC. The number of allylic oxidation sites excluding steroid dienone is 12. The van der Waals surface area contributed by atoms with E-state index in [1.54, 1.807) is 0 Å². The van der Waals surface area contributed by atoms with E-state index in [2.05, 4.69) is 74.6 Å². The Morgan fingerprint density at radius 1 is 0.522 bits per heavy atom. The molecule has 1 N–H and O–H groups in total. The molecule has 0 aliphatic heterocycles. The average molecular weight is 641 g/mol. The van der Waals surface area contributed by atoms with Crippen molar-refractivity contribution in [2.45, 2.75) is 161 Å². The van der Waals surface area contributed by atoms with Gasteiger partial charge in [-0.3, -0.25) is 9.59 Å². The van der Waals surface area contributed by atoms with Crippen LogP contribution in [-0.2, 0) is 19.1 Å².